The number of nitrogens with two attached hydrogens (primary N) is 1. The third-order valence-electron chi connectivity index (χ3n) is 3.56. The highest BCUT2D eigenvalue weighted by atomic mass is 32.1. The lowest BCUT2D eigenvalue weighted by Crippen LogP contribution is -2.26. The van der Waals surface area contributed by atoms with E-state index in [4.69, 9.17) is 5.73 Å². The molecule has 1 aliphatic rings. The summed E-state index contributed by atoms with van der Waals surface area (Å²) in [5, 5.41) is 5.30. The van der Waals surface area contributed by atoms with E-state index in [-0.39, 0.29) is 11.7 Å². The predicted molar refractivity (Wildman–Crippen MR) is 81.7 cm³/mol. The highest BCUT2D eigenvalue weighted by Gasteiger charge is 2.24. The highest BCUT2D eigenvalue weighted by Crippen LogP contribution is 2.25. The third kappa shape index (κ3) is 2.80. The van der Waals surface area contributed by atoms with Gasteiger partial charge in [0.25, 0.3) is 5.91 Å². The summed E-state index contributed by atoms with van der Waals surface area (Å²) in [6, 6.07) is 5.32. The molecule has 0 fully saturated rings. The van der Waals surface area contributed by atoms with Crippen LogP contribution in [0.1, 0.15) is 38.4 Å². The minimum atomic E-state index is -0.134. The molecule has 0 saturated carbocycles. The van der Waals surface area contributed by atoms with Crippen molar-refractivity contribution in [1.82, 2.24) is 10.3 Å². The van der Waals surface area contributed by atoms with Crippen LogP contribution in [0.5, 0.6) is 0 Å². The van der Waals surface area contributed by atoms with Crippen molar-refractivity contribution < 1.29 is 9.59 Å². The Labute approximate surface area is 126 Å². The SMILES string of the molecule is Nc1nc(CCNC(=O)c2cccc3c2CCC3=O)cs1. The number of aromatic nitrogens is 1. The molecule has 5 nitrogen and oxygen atoms in total. The summed E-state index contributed by atoms with van der Waals surface area (Å²) < 4.78 is 0. The van der Waals surface area contributed by atoms with Crippen LogP contribution in [0, 0.1) is 0 Å². The van der Waals surface area contributed by atoms with E-state index < -0.39 is 0 Å². The number of amides is 1. The number of hydrogen-bond acceptors (Lipinski definition) is 5. The minimum absolute atomic E-state index is 0.123. The van der Waals surface area contributed by atoms with Crippen molar-refractivity contribution >= 4 is 28.2 Å². The molecule has 0 radical (unpaired) electrons. The maximum absolute atomic E-state index is 12.2. The number of Topliss-reactive ketones (excluding diaryl/α,β-unsaturated/α-hetero) is 1. The molecule has 0 spiro atoms. The fraction of sp³-hybridized carbons (Fsp3) is 0.267. The molecule has 6 heteroatoms. The first-order chi connectivity index (χ1) is 10.1. The van der Waals surface area contributed by atoms with Crippen LogP contribution in [0.4, 0.5) is 5.13 Å². The Kier molecular flexibility index (Phi) is 3.70. The van der Waals surface area contributed by atoms with Gasteiger partial charge in [0.1, 0.15) is 0 Å². The van der Waals surface area contributed by atoms with Crippen LogP contribution in [0.15, 0.2) is 23.6 Å². The molecular formula is C15H15N3O2S. The monoisotopic (exact) mass is 301 g/mol. The molecule has 0 unspecified atom stereocenters. The van der Waals surface area contributed by atoms with Gasteiger partial charge in [0, 0.05) is 35.9 Å². The molecule has 108 valence electrons. The predicted octanol–water partition coefficient (Wildman–Crippen LogP) is 1.83. The number of rotatable bonds is 4. The molecule has 1 aliphatic carbocycles. The molecule has 21 heavy (non-hydrogen) atoms. The summed E-state index contributed by atoms with van der Waals surface area (Å²) in [6.07, 6.45) is 1.80. The fourth-order valence-electron chi connectivity index (χ4n) is 2.54. The topological polar surface area (TPSA) is 85.1 Å². The normalized spacial score (nSPS) is 13.2. The van der Waals surface area contributed by atoms with Crippen molar-refractivity contribution in [1.29, 1.82) is 0 Å². The van der Waals surface area contributed by atoms with Crippen molar-refractivity contribution in [3.63, 3.8) is 0 Å². The zero-order chi connectivity index (χ0) is 14.8. The summed E-state index contributed by atoms with van der Waals surface area (Å²) in [5.41, 5.74) is 8.61. The largest absolute Gasteiger partial charge is 0.375 e. The smallest absolute Gasteiger partial charge is 0.251 e. The van der Waals surface area contributed by atoms with Crippen LogP contribution in [-0.4, -0.2) is 23.2 Å². The van der Waals surface area contributed by atoms with E-state index >= 15 is 0 Å². The van der Waals surface area contributed by atoms with Crippen LogP contribution in [-0.2, 0) is 12.8 Å². The molecular weight excluding hydrogens is 286 g/mol. The number of ketones is 1. The Morgan fingerprint density at radius 1 is 1.38 bits per heavy atom. The molecule has 3 rings (SSSR count). The Morgan fingerprint density at radius 2 is 2.24 bits per heavy atom. The van der Waals surface area contributed by atoms with Gasteiger partial charge in [0.05, 0.1) is 5.69 Å². The van der Waals surface area contributed by atoms with Gasteiger partial charge in [0.2, 0.25) is 0 Å². The van der Waals surface area contributed by atoms with Crippen molar-refractivity contribution in [2.75, 3.05) is 12.3 Å². The molecule has 0 atom stereocenters. The number of benzene rings is 1. The van der Waals surface area contributed by atoms with Gasteiger partial charge in [-0.3, -0.25) is 9.59 Å². The number of anilines is 1. The number of fused-ring (bicyclic) bond motifs is 1. The van der Waals surface area contributed by atoms with Crippen LogP contribution in [0.25, 0.3) is 0 Å². The number of carbonyl (C=O) groups excluding carboxylic acids is 2. The van der Waals surface area contributed by atoms with Gasteiger partial charge >= 0.3 is 0 Å². The lowest BCUT2D eigenvalue weighted by Gasteiger charge is -2.08. The molecule has 0 aliphatic heterocycles. The standard InChI is InChI=1S/C15H15N3O2S/c16-15-18-9(8-21-15)6-7-17-14(20)12-3-1-2-11-10(12)4-5-13(11)19/h1-3,8H,4-7H2,(H2,16,18)(H,17,20). The lowest BCUT2D eigenvalue weighted by atomic mass is 10.0. The summed E-state index contributed by atoms with van der Waals surface area (Å²) in [5.74, 6) is -0.0117. The number of hydrogen-bond donors (Lipinski definition) is 2. The maximum atomic E-state index is 12.2. The van der Waals surface area contributed by atoms with E-state index in [1.54, 1.807) is 18.2 Å². The zero-order valence-electron chi connectivity index (χ0n) is 11.4. The number of nitrogens with zero attached hydrogens (tertiary/aromatic N) is 1. The van der Waals surface area contributed by atoms with Gasteiger partial charge in [-0.2, -0.15) is 0 Å². The Hall–Kier alpha value is -2.21. The molecule has 1 amide bonds. The number of nitrogens with one attached hydrogen (secondary N) is 1. The summed E-state index contributed by atoms with van der Waals surface area (Å²) in [4.78, 5) is 28.1. The second kappa shape index (κ2) is 5.65. The van der Waals surface area contributed by atoms with Crippen molar-refractivity contribution in [2.24, 2.45) is 0 Å². The van der Waals surface area contributed by atoms with Gasteiger partial charge in [-0.25, -0.2) is 4.98 Å². The molecule has 0 saturated heterocycles. The van der Waals surface area contributed by atoms with Crippen LogP contribution in [0.3, 0.4) is 0 Å². The van der Waals surface area contributed by atoms with E-state index in [2.05, 4.69) is 10.3 Å². The summed E-state index contributed by atoms with van der Waals surface area (Å²) in [7, 11) is 0. The molecule has 2 aromatic rings. The van der Waals surface area contributed by atoms with Crippen molar-refractivity contribution in [3.8, 4) is 0 Å². The van der Waals surface area contributed by atoms with Gasteiger partial charge in [-0.1, -0.05) is 12.1 Å². The fourth-order valence-corrected chi connectivity index (χ4v) is 3.14. The first-order valence-electron chi connectivity index (χ1n) is 6.78. The molecule has 1 aromatic carbocycles. The Balaban J connectivity index is 1.65. The van der Waals surface area contributed by atoms with Crippen molar-refractivity contribution in [3.05, 3.63) is 46.0 Å². The van der Waals surface area contributed by atoms with Crippen LogP contribution >= 0.6 is 11.3 Å². The number of nitrogen functional groups attached to an aromatic ring is 1. The van der Waals surface area contributed by atoms with Gasteiger partial charge < -0.3 is 11.1 Å². The van der Waals surface area contributed by atoms with E-state index in [0.29, 0.717) is 42.1 Å². The molecule has 1 aromatic heterocycles. The Bertz CT molecular complexity index is 709. The van der Waals surface area contributed by atoms with E-state index in [1.165, 1.54) is 11.3 Å². The average Bonchev–Trinajstić information content (AvgIpc) is 3.05. The molecule has 1 heterocycles. The van der Waals surface area contributed by atoms with Crippen LogP contribution in [0.2, 0.25) is 0 Å². The number of thiazole rings is 1. The summed E-state index contributed by atoms with van der Waals surface area (Å²) >= 11 is 1.39. The van der Waals surface area contributed by atoms with Gasteiger partial charge in [-0.15, -0.1) is 11.3 Å². The molecule has 3 N–H and O–H groups in total. The van der Waals surface area contributed by atoms with Gasteiger partial charge in [0.15, 0.2) is 10.9 Å². The maximum Gasteiger partial charge on any atom is 0.251 e. The van der Waals surface area contributed by atoms with Crippen LogP contribution < -0.4 is 11.1 Å². The van der Waals surface area contributed by atoms with E-state index in [9.17, 15) is 9.59 Å². The minimum Gasteiger partial charge on any atom is -0.375 e. The average molecular weight is 301 g/mol. The first-order valence-corrected chi connectivity index (χ1v) is 7.66. The molecule has 0 bridgehead atoms. The Morgan fingerprint density at radius 3 is 3.00 bits per heavy atom. The lowest BCUT2D eigenvalue weighted by molar-refractivity contribution is 0.0952. The second-order valence-electron chi connectivity index (χ2n) is 4.94. The van der Waals surface area contributed by atoms with E-state index in [1.807, 2.05) is 5.38 Å². The van der Waals surface area contributed by atoms with Gasteiger partial charge in [-0.05, 0) is 18.1 Å². The third-order valence-corrected chi connectivity index (χ3v) is 4.28. The quantitative estimate of drug-likeness (QED) is 0.902. The summed E-state index contributed by atoms with van der Waals surface area (Å²) in [6.45, 7) is 0.500. The first kappa shape index (κ1) is 13.8. The second-order valence-corrected chi connectivity index (χ2v) is 5.83. The number of carbonyl (C=O) groups is 2. The zero-order valence-corrected chi connectivity index (χ0v) is 12.2. The van der Waals surface area contributed by atoms with E-state index in [0.717, 1.165) is 11.3 Å². The highest BCUT2D eigenvalue weighted by molar-refractivity contribution is 7.13. The van der Waals surface area contributed by atoms with Crippen molar-refractivity contribution in [2.45, 2.75) is 19.3 Å².